The fraction of sp³-hybridized carbons (Fsp3) is 0.667. The molecule has 1 atom stereocenters. The van der Waals surface area contributed by atoms with Gasteiger partial charge >= 0.3 is 0 Å². The summed E-state index contributed by atoms with van der Waals surface area (Å²) in [5, 5.41) is 3.74. The van der Waals surface area contributed by atoms with Gasteiger partial charge in [0.15, 0.2) is 0 Å². The Morgan fingerprint density at radius 3 is 2.42 bits per heavy atom. The largest absolute Gasteiger partial charge is 0.310 e. The van der Waals surface area contributed by atoms with Crippen LogP contribution in [0.1, 0.15) is 64.0 Å². The molecule has 0 spiro atoms. The van der Waals surface area contributed by atoms with E-state index >= 15 is 0 Å². The van der Waals surface area contributed by atoms with Gasteiger partial charge in [-0.3, -0.25) is 0 Å². The van der Waals surface area contributed by atoms with Gasteiger partial charge in [-0.2, -0.15) is 0 Å². The summed E-state index contributed by atoms with van der Waals surface area (Å²) in [5.41, 5.74) is 1.43. The summed E-state index contributed by atoms with van der Waals surface area (Å²) < 4.78 is 0. The van der Waals surface area contributed by atoms with Crippen molar-refractivity contribution < 1.29 is 0 Å². The highest BCUT2D eigenvalue weighted by atomic mass is 14.9. The molecule has 0 aromatic heterocycles. The van der Waals surface area contributed by atoms with Crippen LogP contribution in [0.2, 0.25) is 0 Å². The fourth-order valence-corrected chi connectivity index (χ4v) is 3.26. The van der Waals surface area contributed by atoms with Crippen molar-refractivity contribution in [2.45, 2.75) is 58.4 Å². The van der Waals surface area contributed by atoms with E-state index in [4.69, 9.17) is 0 Å². The summed E-state index contributed by atoms with van der Waals surface area (Å²) in [6, 6.07) is 11.4. The predicted molar refractivity (Wildman–Crippen MR) is 83.2 cm³/mol. The Hall–Kier alpha value is -0.820. The zero-order chi connectivity index (χ0) is 13.5. The molecule has 1 aromatic carbocycles. The third-order valence-corrected chi connectivity index (χ3v) is 4.69. The normalized spacial score (nSPS) is 25.2. The first-order valence-corrected chi connectivity index (χ1v) is 8.08. The molecule has 1 fully saturated rings. The first kappa shape index (κ1) is 14.6. The van der Waals surface area contributed by atoms with E-state index in [-0.39, 0.29) is 0 Å². The van der Waals surface area contributed by atoms with Crippen LogP contribution in [-0.4, -0.2) is 6.54 Å². The Morgan fingerprint density at radius 1 is 1.11 bits per heavy atom. The van der Waals surface area contributed by atoms with Crippen molar-refractivity contribution in [2.75, 3.05) is 6.54 Å². The number of hydrogen-bond donors (Lipinski definition) is 1. The minimum Gasteiger partial charge on any atom is -0.310 e. The first-order chi connectivity index (χ1) is 9.29. The molecule has 106 valence electrons. The van der Waals surface area contributed by atoms with Crippen LogP contribution in [-0.2, 0) is 0 Å². The zero-order valence-electron chi connectivity index (χ0n) is 12.6. The highest BCUT2D eigenvalue weighted by Gasteiger charge is 2.18. The Bertz CT molecular complexity index is 338. The topological polar surface area (TPSA) is 12.0 Å². The van der Waals surface area contributed by atoms with Crippen molar-refractivity contribution >= 4 is 0 Å². The van der Waals surface area contributed by atoms with Gasteiger partial charge in [0.2, 0.25) is 0 Å². The second kappa shape index (κ2) is 7.69. The summed E-state index contributed by atoms with van der Waals surface area (Å²) in [5.74, 6) is 1.94. The van der Waals surface area contributed by atoms with Crippen molar-refractivity contribution in [1.29, 1.82) is 0 Å². The SMILES string of the molecule is CCC(NCCC1CCC(C)CC1)c1ccccc1. The Kier molecular flexibility index (Phi) is 5.91. The molecule has 0 heterocycles. The third-order valence-electron chi connectivity index (χ3n) is 4.69. The quantitative estimate of drug-likeness (QED) is 0.762. The van der Waals surface area contributed by atoms with Crippen LogP contribution in [0, 0.1) is 11.8 Å². The molecular weight excluding hydrogens is 230 g/mol. The van der Waals surface area contributed by atoms with Crippen molar-refractivity contribution in [2.24, 2.45) is 11.8 Å². The molecule has 19 heavy (non-hydrogen) atoms. The van der Waals surface area contributed by atoms with Gasteiger partial charge in [0.05, 0.1) is 0 Å². The fourth-order valence-electron chi connectivity index (χ4n) is 3.26. The van der Waals surface area contributed by atoms with Crippen molar-refractivity contribution in [3.8, 4) is 0 Å². The highest BCUT2D eigenvalue weighted by molar-refractivity contribution is 5.18. The van der Waals surface area contributed by atoms with Crippen LogP contribution in [0.25, 0.3) is 0 Å². The van der Waals surface area contributed by atoms with Crippen molar-refractivity contribution in [3.63, 3.8) is 0 Å². The van der Waals surface area contributed by atoms with Crippen LogP contribution in [0.15, 0.2) is 30.3 Å². The molecule has 0 radical (unpaired) electrons. The van der Waals surface area contributed by atoms with Crippen LogP contribution < -0.4 is 5.32 Å². The second-order valence-electron chi connectivity index (χ2n) is 6.24. The number of rotatable bonds is 6. The van der Waals surface area contributed by atoms with E-state index in [1.165, 1.54) is 50.6 Å². The van der Waals surface area contributed by atoms with E-state index in [1.807, 2.05) is 0 Å². The molecule has 1 aliphatic rings. The highest BCUT2D eigenvalue weighted by Crippen LogP contribution is 2.30. The lowest BCUT2D eigenvalue weighted by atomic mass is 9.81. The number of benzene rings is 1. The van der Waals surface area contributed by atoms with Crippen LogP contribution in [0.5, 0.6) is 0 Å². The van der Waals surface area contributed by atoms with E-state index in [1.54, 1.807) is 0 Å². The maximum Gasteiger partial charge on any atom is 0.0317 e. The standard InChI is InChI=1S/C18H29N/c1-3-18(17-7-5-4-6-8-17)19-14-13-16-11-9-15(2)10-12-16/h4-8,15-16,18-19H,3,9-14H2,1-2H3. The Morgan fingerprint density at radius 2 is 1.79 bits per heavy atom. The van der Waals surface area contributed by atoms with Gasteiger partial charge in [-0.25, -0.2) is 0 Å². The van der Waals surface area contributed by atoms with Crippen molar-refractivity contribution in [3.05, 3.63) is 35.9 Å². The van der Waals surface area contributed by atoms with Gasteiger partial charge in [-0.05, 0) is 36.8 Å². The summed E-state index contributed by atoms with van der Waals surface area (Å²) in [4.78, 5) is 0. The van der Waals surface area contributed by atoms with E-state index in [9.17, 15) is 0 Å². The molecule has 1 saturated carbocycles. The molecule has 0 bridgehead atoms. The molecule has 1 heteroatoms. The van der Waals surface area contributed by atoms with Crippen LogP contribution >= 0.6 is 0 Å². The molecule has 0 amide bonds. The molecule has 1 N–H and O–H groups in total. The van der Waals surface area contributed by atoms with E-state index in [0.717, 1.165) is 11.8 Å². The second-order valence-corrected chi connectivity index (χ2v) is 6.24. The average Bonchev–Trinajstić information content (AvgIpc) is 2.46. The number of nitrogens with one attached hydrogen (secondary N) is 1. The molecule has 0 saturated heterocycles. The summed E-state index contributed by atoms with van der Waals surface area (Å²) in [7, 11) is 0. The van der Waals surface area contributed by atoms with E-state index < -0.39 is 0 Å². The smallest absolute Gasteiger partial charge is 0.0317 e. The summed E-state index contributed by atoms with van der Waals surface area (Å²) in [6.45, 7) is 5.84. The third kappa shape index (κ3) is 4.65. The van der Waals surface area contributed by atoms with Gasteiger partial charge in [0.25, 0.3) is 0 Å². The monoisotopic (exact) mass is 259 g/mol. The van der Waals surface area contributed by atoms with Gasteiger partial charge in [-0.15, -0.1) is 0 Å². The lowest BCUT2D eigenvalue weighted by Gasteiger charge is -2.27. The minimum atomic E-state index is 0.531. The minimum absolute atomic E-state index is 0.531. The average molecular weight is 259 g/mol. The van der Waals surface area contributed by atoms with Gasteiger partial charge in [0.1, 0.15) is 0 Å². The maximum atomic E-state index is 3.74. The molecule has 2 rings (SSSR count). The van der Waals surface area contributed by atoms with E-state index in [0.29, 0.717) is 6.04 Å². The van der Waals surface area contributed by atoms with E-state index in [2.05, 4.69) is 49.5 Å². The predicted octanol–water partition coefficient (Wildman–Crippen LogP) is 4.94. The Balaban J connectivity index is 1.72. The van der Waals surface area contributed by atoms with Gasteiger partial charge in [0, 0.05) is 6.04 Å². The van der Waals surface area contributed by atoms with Gasteiger partial charge in [-0.1, -0.05) is 69.9 Å². The Labute approximate surface area is 118 Å². The van der Waals surface area contributed by atoms with Crippen LogP contribution in [0.4, 0.5) is 0 Å². The maximum absolute atomic E-state index is 3.74. The van der Waals surface area contributed by atoms with Crippen molar-refractivity contribution in [1.82, 2.24) is 5.32 Å². The summed E-state index contributed by atoms with van der Waals surface area (Å²) in [6.07, 6.45) is 8.32. The van der Waals surface area contributed by atoms with Gasteiger partial charge < -0.3 is 5.32 Å². The number of hydrogen-bond acceptors (Lipinski definition) is 1. The zero-order valence-corrected chi connectivity index (χ0v) is 12.6. The van der Waals surface area contributed by atoms with Crippen LogP contribution in [0.3, 0.4) is 0 Å². The lowest BCUT2D eigenvalue weighted by Crippen LogP contribution is -2.24. The molecule has 0 aliphatic heterocycles. The molecular formula is C18H29N. The first-order valence-electron chi connectivity index (χ1n) is 8.08. The molecule has 1 nitrogen and oxygen atoms in total. The molecule has 1 aliphatic carbocycles. The molecule has 1 aromatic rings. The lowest BCUT2D eigenvalue weighted by molar-refractivity contribution is 0.272. The molecule has 1 unspecified atom stereocenters. The summed E-state index contributed by atoms with van der Waals surface area (Å²) >= 11 is 0.